The SMILES string of the molecule is CCS(=O)(=O)N1CCC(CC(CC#N)n2cc(-c3ccnc(Nc4ccc(C(=N)N(C)C)cc4)n3)cn2)CC1. The van der Waals surface area contributed by atoms with Gasteiger partial charge in [-0.25, -0.2) is 22.7 Å². The quantitative estimate of drug-likeness (QED) is 0.286. The molecule has 2 aromatic heterocycles. The summed E-state index contributed by atoms with van der Waals surface area (Å²) in [5, 5.41) is 25.3. The smallest absolute Gasteiger partial charge is 0.227 e. The number of benzene rings is 1. The Kier molecular flexibility index (Phi) is 8.93. The maximum absolute atomic E-state index is 12.2. The number of sulfonamides is 1. The third kappa shape index (κ3) is 6.99. The van der Waals surface area contributed by atoms with Crippen molar-refractivity contribution in [3.63, 3.8) is 0 Å². The zero-order valence-electron chi connectivity index (χ0n) is 22.6. The summed E-state index contributed by atoms with van der Waals surface area (Å²) >= 11 is 0. The fraction of sp³-hybridized carbons (Fsp3) is 0.444. The fourth-order valence-corrected chi connectivity index (χ4v) is 5.86. The van der Waals surface area contributed by atoms with E-state index in [1.165, 1.54) is 0 Å². The predicted molar refractivity (Wildman–Crippen MR) is 151 cm³/mol. The lowest BCUT2D eigenvalue weighted by Gasteiger charge is -2.32. The van der Waals surface area contributed by atoms with Crippen LogP contribution in [0.1, 0.15) is 44.2 Å². The van der Waals surface area contributed by atoms with Gasteiger partial charge in [0.15, 0.2) is 0 Å². The number of nitriles is 1. The number of aromatic nitrogens is 4. The van der Waals surface area contributed by atoms with E-state index in [4.69, 9.17) is 5.41 Å². The molecular formula is C27H35N9O2S. The van der Waals surface area contributed by atoms with Crippen molar-refractivity contribution in [2.24, 2.45) is 5.92 Å². The molecule has 1 aromatic carbocycles. The van der Waals surface area contributed by atoms with E-state index < -0.39 is 10.0 Å². The van der Waals surface area contributed by atoms with Crippen LogP contribution < -0.4 is 5.32 Å². The van der Waals surface area contributed by atoms with E-state index in [0.717, 1.165) is 36.1 Å². The van der Waals surface area contributed by atoms with Gasteiger partial charge in [0.2, 0.25) is 16.0 Å². The second-order valence-corrected chi connectivity index (χ2v) is 12.2. The molecule has 4 rings (SSSR count). The molecule has 0 amide bonds. The van der Waals surface area contributed by atoms with Crippen molar-refractivity contribution in [2.75, 3.05) is 38.3 Å². The van der Waals surface area contributed by atoms with Crippen molar-refractivity contribution in [3.05, 3.63) is 54.5 Å². The average Bonchev–Trinajstić information content (AvgIpc) is 3.44. The van der Waals surface area contributed by atoms with Crippen LogP contribution in [0.5, 0.6) is 0 Å². The Morgan fingerprint density at radius 2 is 1.95 bits per heavy atom. The van der Waals surface area contributed by atoms with Crippen LogP contribution in [0.25, 0.3) is 11.3 Å². The number of nitrogens with one attached hydrogen (secondary N) is 2. The Balaban J connectivity index is 1.42. The molecule has 1 saturated heterocycles. The summed E-state index contributed by atoms with van der Waals surface area (Å²) in [6.45, 7) is 2.73. The van der Waals surface area contributed by atoms with Crippen LogP contribution in [0.15, 0.2) is 48.9 Å². The summed E-state index contributed by atoms with van der Waals surface area (Å²) in [6, 6.07) is 11.5. The molecule has 0 bridgehead atoms. The summed E-state index contributed by atoms with van der Waals surface area (Å²) in [5.41, 5.74) is 3.15. The van der Waals surface area contributed by atoms with Crippen molar-refractivity contribution in [3.8, 4) is 17.3 Å². The van der Waals surface area contributed by atoms with Gasteiger partial charge in [-0.3, -0.25) is 10.1 Å². The minimum absolute atomic E-state index is 0.0954. The van der Waals surface area contributed by atoms with Crippen molar-refractivity contribution >= 4 is 27.5 Å². The van der Waals surface area contributed by atoms with E-state index in [1.807, 2.05) is 55.3 Å². The molecule has 0 radical (unpaired) electrons. The Morgan fingerprint density at radius 1 is 1.23 bits per heavy atom. The van der Waals surface area contributed by atoms with Crippen LogP contribution in [0, 0.1) is 22.7 Å². The highest BCUT2D eigenvalue weighted by Crippen LogP contribution is 2.30. The highest BCUT2D eigenvalue weighted by Gasteiger charge is 2.28. The molecule has 1 atom stereocenters. The fourth-order valence-electron chi connectivity index (χ4n) is 4.73. The van der Waals surface area contributed by atoms with Crippen LogP contribution in [-0.4, -0.2) is 76.1 Å². The maximum Gasteiger partial charge on any atom is 0.227 e. The van der Waals surface area contributed by atoms with Gasteiger partial charge < -0.3 is 10.2 Å². The van der Waals surface area contributed by atoms with E-state index >= 15 is 0 Å². The molecule has 3 heterocycles. The Bertz CT molecular complexity index is 1420. The molecule has 3 aromatic rings. The highest BCUT2D eigenvalue weighted by molar-refractivity contribution is 7.89. The monoisotopic (exact) mass is 549 g/mol. The van der Waals surface area contributed by atoms with E-state index in [2.05, 4.69) is 26.5 Å². The summed E-state index contributed by atoms with van der Waals surface area (Å²) < 4.78 is 27.8. The zero-order chi connectivity index (χ0) is 28.0. The molecule has 1 aliphatic heterocycles. The van der Waals surface area contributed by atoms with Gasteiger partial charge in [0.05, 0.1) is 36.2 Å². The molecule has 206 valence electrons. The Hall–Kier alpha value is -3.82. The average molecular weight is 550 g/mol. The summed E-state index contributed by atoms with van der Waals surface area (Å²) in [6.07, 6.45) is 8.00. The van der Waals surface area contributed by atoms with E-state index in [0.29, 0.717) is 42.9 Å². The normalized spacial score (nSPS) is 15.4. The third-order valence-electron chi connectivity index (χ3n) is 7.05. The minimum atomic E-state index is -3.16. The van der Waals surface area contributed by atoms with Crippen molar-refractivity contribution in [1.29, 1.82) is 10.7 Å². The first-order valence-electron chi connectivity index (χ1n) is 13.1. The van der Waals surface area contributed by atoms with Gasteiger partial charge in [0, 0.05) is 56.4 Å². The van der Waals surface area contributed by atoms with Gasteiger partial charge in [0.1, 0.15) is 5.84 Å². The van der Waals surface area contributed by atoms with Crippen LogP contribution in [0.4, 0.5) is 11.6 Å². The number of piperidine rings is 1. The third-order valence-corrected chi connectivity index (χ3v) is 8.93. The summed E-state index contributed by atoms with van der Waals surface area (Å²) in [4.78, 5) is 10.7. The maximum atomic E-state index is 12.2. The molecule has 1 aliphatic rings. The first-order valence-corrected chi connectivity index (χ1v) is 14.7. The molecule has 11 nitrogen and oxygen atoms in total. The second-order valence-electron chi connectivity index (χ2n) is 9.91. The van der Waals surface area contributed by atoms with Crippen molar-refractivity contribution < 1.29 is 8.42 Å². The number of rotatable bonds is 10. The highest BCUT2D eigenvalue weighted by atomic mass is 32.2. The molecule has 2 N–H and O–H groups in total. The van der Waals surface area contributed by atoms with Crippen LogP contribution in [-0.2, 0) is 10.0 Å². The van der Waals surface area contributed by atoms with Gasteiger partial charge in [0.25, 0.3) is 0 Å². The van der Waals surface area contributed by atoms with E-state index in [-0.39, 0.29) is 11.8 Å². The number of amidine groups is 1. The van der Waals surface area contributed by atoms with Gasteiger partial charge in [-0.15, -0.1) is 0 Å². The van der Waals surface area contributed by atoms with Crippen LogP contribution in [0.2, 0.25) is 0 Å². The van der Waals surface area contributed by atoms with Crippen LogP contribution >= 0.6 is 0 Å². The first-order chi connectivity index (χ1) is 18.7. The molecule has 0 saturated carbocycles. The zero-order valence-corrected chi connectivity index (χ0v) is 23.4. The second kappa shape index (κ2) is 12.4. The number of hydrogen-bond acceptors (Lipinski definition) is 8. The minimum Gasteiger partial charge on any atom is -0.363 e. The lowest BCUT2D eigenvalue weighted by molar-refractivity contribution is 0.233. The summed E-state index contributed by atoms with van der Waals surface area (Å²) in [5.74, 6) is 1.33. The Morgan fingerprint density at radius 3 is 2.59 bits per heavy atom. The summed E-state index contributed by atoms with van der Waals surface area (Å²) in [7, 11) is 0.515. The number of anilines is 2. The number of hydrogen-bond donors (Lipinski definition) is 2. The van der Waals surface area contributed by atoms with E-state index in [1.54, 1.807) is 28.5 Å². The molecule has 1 unspecified atom stereocenters. The van der Waals surface area contributed by atoms with Crippen molar-refractivity contribution in [1.82, 2.24) is 29.0 Å². The molecular weight excluding hydrogens is 514 g/mol. The molecule has 39 heavy (non-hydrogen) atoms. The van der Waals surface area contributed by atoms with Gasteiger partial charge in [-0.05, 0) is 62.4 Å². The Labute approximate surface area is 230 Å². The van der Waals surface area contributed by atoms with E-state index in [9.17, 15) is 13.7 Å². The molecule has 1 fully saturated rings. The topological polar surface area (TPSA) is 144 Å². The molecule has 12 heteroatoms. The van der Waals surface area contributed by atoms with Gasteiger partial charge in [-0.2, -0.15) is 10.4 Å². The standard InChI is InChI=1S/C27H35N9O2S/c1-4-39(37,38)35-15-11-20(12-16-35)17-24(9-13-28)36-19-22(18-31-36)25-10-14-30-27(33-25)32-23-7-5-21(6-8-23)26(29)34(2)3/h5-8,10,14,18-20,24,29H,4,9,11-12,15-17H2,1-3H3,(H,30,32,33). The lowest BCUT2D eigenvalue weighted by Crippen LogP contribution is -2.39. The number of nitrogens with zero attached hydrogens (tertiary/aromatic N) is 7. The lowest BCUT2D eigenvalue weighted by atomic mass is 9.90. The molecule has 0 spiro atoms. The largest absolute Gasteiger partial charge is 0.363 e. The van der Waals surface area contributed by atoms with Gasteiger partial charge in [-0.1, -0.05) is 0 Å². The first kappa shape index (κ1) is 28.2. The van der Waals surface area contributed by atoms with Crippen molar-refractivity contribution in [2.45, 2.75) is 38.6 Å². The molecule has 0 aliphatic carbocycles. The van der Waals surface area contributed by atoms with Crippen LogP contribution in [0.3, 0.4) is 0 Å². The van der Waals surface area contributed by atoms with Gasteiger partial charge >= 0.3 is 0 Å². The predicted octanol–water partition coefficient (Wildman–Crippen LogP) is 3.88.